The minimum Gasteiger partial charge on any atom is -0.291 e. The van der Waals surface area contributed by atoms with Crippen molar-refractivity contribution < 1.29 is 22.8 Å². The number of hydrogen-bond donors (Lipinski definition) is 2. The first-order valence-electron chi connectivity index (χ1n) is 3.63. The summed E-state index contributed by atoms with van der Waals surface area (Å²) in [6.07, 6.45) is -4.55. The highest BCUT2D eigenvalue weighted by Crippen LogP contribution is 2.34. The number of benzene rings is 1. The van der Waals surface area contributed by atoms with Gasteiger partial charge in [-0.2, -0.15) is 13.2 Å². The van der Waals surface area contributed by atoms with E-state index in [-0.39, 0.29) is 5.56 Å². The van der Waals surface area contributed by atoms with E-state index in [4.69, 9.17) is 5.21 Å². The average Bonchev–Trinajstić information content (AvgIpc) is 2.02. The van der Waals surface area contributed by atoms with E-state index in [1.54, 1.807) is 0 Å². The van der Waals surface area contributed by atoms with Crippen LogP contribution in [0.15, 0.2) is 12.1 Å². The van der Waals surface area contributed by atoms with Crippen LogP contribution in [-0.2, 0) is 6.18 Å². The molecule has 0 fully saturated rings. The van der Waals surface area contributed by atoms with Gasteiger partial charge in [0.25, 0.3) is 0 Å². The quantitative estimate of drug-likeness (QED) is 0.550. The van der Waals surface area contributed by atoms with Crippen molar-refractivity contribution >= 4 is 5.69 Å². The van der Waals surface area contributed by atoms with Gasteiger partial charge < -0.3 is 0 Å². The number of nitrogens with one attached hydrogen (secondary N) is 1. The molecule has 1 aromatic carbocycles. The number of aryl methyl sites for hydroxylation is 1. The molecule has 2 N–H and O–H groups in total. The second-order valence-corrected chi connectivity index (χ2v) is 2.76. The SMILES string of the molecule is Cc1cc(F)c(NO)cc1C(F)(F)F. The molecule has 1 aromatic rings. The van der Waals surface area contributed by atoms with Gasteiger partial charge in [0.2, 0.25) is 0 Å². The van der Waals surface area contributed by atoms with Crippen molar-refractivity contribution in [1.29, 1.82) is 0 Å². The molecule has 0 bridgehead atoms. The molecule has 0 heterocycles. The smallest absolute Gasteiger partial charge is 0.291 e. The molecule has 14 heavy (non-hydrogen) atoms. The van der Waals surface area contributed by atoms with Crippen molar-refractivity contribution in [2.24, 2.45) is 0 Å². The number of anilines is 1. The lowest BCUT2D eigenvalue weighted by Gasteiger charge is -2.12. The monoisotopic (exact) mass is 209 g/mol. The molecule has 0 radical (unpaired) electrons. The van der Waals surface area contributed by atoms with E-state index in [2.05, 4.69) is 0 Å². The van der Waals surface area contributed by atoms with Crippen LogP contribution in [0.1, 0.15) is 11.1 Å². The van der Waals surface area contributed by atoms with Crippen LogP contribution >= 0.6 is 0 Å². The number of halogens is 4. The summed E-state index contributed by atoms with van der Waals surface area (Å²) in [6.45, 7) is 1.15. The largest absolute Gasteiger partial charge is 0.416 e. The molecule has 1 rings (SSSR count). The van der Waals surface area contributed by atoms with E-state index in [9.17, 15) is 17.6 Å². The molecule has 0 atom stereocenters. The summed E-state index contributed by atoms with van der Waals surface area (Å²) in [5.41, 5.74) is -0.439. The predicted molar refractivity (Wildman–Crippen MR) is 41.5 cm³/mol. The Morgan fingerprint density at radius 3 is 2.29 bits per heavy atom. The molecule has 78 valence electrons. The van der Waals surface area contributed by atoms with Gasteiger partial charge in [0.1, 0.15) is 5.82 Å². The first-order chi connectivity index (χ1) is 6.36. The van der Waals surface area contributed by atoms with Gasteiger partial charge in [0.05, 0.1) is 11.3 Å². The number of rotatable bonds is 1. The molecule has 0 saturated heterocycles. The van der Waals surface area contributed by atoms with Crippen LogP contribution in [0.5, 0.6) is 0 Å². The van der Waals surface area contributed by atoms with E-state index in [0.717, 1.165) is 6.92 Å². The van der Waals surface area contributed by atoms with Crippen LogP contribution in [0, 0.1) is 12.7 Å². The Labute approximate surface area is 77.1 Å². The van der Waals surface area contributed by atoms with Crippen LogP contribution in [0.4, 0.5) is 23.2 Å². The van der Waals surface area contributed by atoms with Gasteiger partial charge in [0.15, 0.2) is 0 Å². The highest BCUT2D eigenvalue weighted by molar-refractivity contribution is 5.49. The topological polar surface area (TPSA) is 32.3 Å². The highest BCUT2D eigenvalue weighted by Gasteiger charge is 2.33. The Bertz CT molecular complexity index is 348. The zero-order valence-corrected chi connectivity index (χ0v) is 7.11. The number of alkyl halides is 3. The summed E-state index contributed by atoms with van der Waals surface area (Å²) in [4.78, 5) is 0. The summed E-state index contributed by atoms with van der Waals surface area (Å²) in [5.74, 6) is -0.932. The summed E-state index contributed by atoms with van der Waals surface area (Å²) >= 11 is 0. The summed E-state index contributed by atoms with van der Waals surface area (Å²) < 4.78 is 49.6. The van der Waals surface area contributed by atoms with Crippen molar-refractivity contribution in [3.63, 3.8) is 0 Å². The van der Waals surface area contributed by atoms with Crippen molar-refractivity contribution in [2.75, 3.05) is 5.48 Å². The minimum atomic E-state index is -4.55. The molecule has 0 amide bonds. The summed E-state index contributed by atoms with van der Waals surface area (Å²) in [7, 11) is 0. The molecule has 6 heteroatoms. The zero-order valence-electron chi connectivity index (χ0n) is 7.11. The van der Waals surface area contributed by atoms with Crippen LogP contribution in [0.2, 0.25) is 0 Å². The van der Waals surface area contributed by atoms with Gasteiger partial charge in [-0.15, -0.1) is 0 Å². The summed E-state index contributed by atoms with van der Waals surface area (Å²) in [6, 6.07) is 1.23. The van der Waals surface area contributed by atoms with E-state index in [0.29, 0.717) is 12.1 Å². The first-order valence-corrected chi connectivity index (χ1v) is 3.63. The van der Waals surface area contributed by atoms with Gasteiger partial charge in [-0.25, -0.2) is 4.39 Å². The summed E-state index contributed by atoms with van der Waals surface area (Å²) in [5, 5.41) is 8.34. The lowest BCUT2D eigenvalue weighted by molar-refractivity contribution is -0.138. The van der Waals surface area contributed by atoms with Gasteiger partial charge >= 0.3 is 6.18 Å². The van der Waals surface area contributed by atoms with E-state index in [1.807, 2.05) is 0 Å². The van der Waals surface area contributed by atoms with Crippen molar-refractivity contribution in [3.8, 4) is 0 Å². The molecule has 0 aliphatic carbocycles. The van der Waals surface area contributed by atoms with Gasteiger partial charge in [-0.3, -0.25) is 10.7 Å². The van der Waals surface area contributed by atoms with Gasteiger partial charge in [0, 0.05) is 0 Å². The Hall–Kier alpha value is -1.30. The molecule has 0 unspecified atom stereocenters. The fraction of sp³-hybridized carbons (Fsp3) is 0.250. The second kappa shape index (κ2) is 3.45. The van der Waals surface area contributed by atoms with Crippen LogP contribution in [0.3, 0.4) is 0 Å². The molecule has 0 aliphatic heterocycles. The fourth-order valence-corrected chi connectivity index (χ4v) is 1.06. The second-order valence-electron chi connectivity index (χ2n) is 2.76. The van der Waals surface area contributed by atoms with Crippen molar-refractivity contribution in [3.05, 3.63) is 29.1 Å². The minimum absolute atomic E-state index is 0.228. The lowest BCUT2D eigenvalue weighted by atomic mass is 10.1. The zero-order chi connectivity index (χ0) is 10.9. The lowest BCUT2D eigenvalue weighted by Crippen LogP contribution is -2.09. The van der Waals surface area contributed by atoms with E-state index >= 15 is 0 Å². The highest BCUT2D eigenvalue weighted by atomic mass is 19.4. The first kappa shape index (κ1) is 10.8. The van der Waals surface area contributed by atoms with Crippen LogP contribution in [-0.4, -0.2) is 5.21 Å². The molecular weight excluding hydrogens is 202 g/mol. The Balaban J connectivity index is 3.32. The average molecular weight is 209 g/mol. The maximum atomic E-state index is 12.8. The van der Waals surface area contributed by atoms with Crippen LogP contribution in [0.25, 0.3) is 0 Å². The Kier molecular flexibility index (Phi) is 2.66. The Morgan fingerprint density at radius 2 is 1.86 bits per heavy atom. The molecule has 0 spiro atoms. The molecule has 0 saturated carbocycles. The third kappa shape index (κ3) is 1.95. The Morgan fingerprint density at radius 1 is 1.29 bits per heavy atom. The maximum Gasteiger partial charge on any atom is 0.416 e. The molecule has 0 aromatic heterocycles. The van der Waals surface area contributed by atoms with Gasteiger partial charge in [-0.1, -0.05) is 0 Å². The van der Waals surface area contributed by atoms with Crippen molar-refractivity contribution in [1.82, 2.24) is 0 Å². The van der Waals surface area contributed by atoms with Crippen LogP contribution < -0.4 is 5.48 Å². The van der Waals surface area contributed by atoms with Crippen molar-refractivity contribution in [2.45, 2.75) is 13.1 Å². The molecule has 0 aliphatic rings. The van der Waals surface area contributed by atoms with Gasteiger partial charge in [-0.05, 0) is 24.6 Å². The molecule has 2 nitrogen and oxygen atoms in total. The normalized spacial score (nSPS) is 11.6. The maximum absolute atomic E-state index is 12.8. The predicted octanol–water partition coefficient (Wildman–Crippen LogP) is 2.95. The number of hydrogen-bond acceptors (Lipinski definition) is 2. The standard InChI is InChI=1S/C8H7F4NO/c1-4-2-6(9)7(13-14)3-5(4)8(10,11)12/h2-3,13-14H,1H3. The van der Waals surface area contributed by atoms with E-state index < -0.39 is 23.2 Å². The molecular formula is C8H7F4NO. The third-order valence-electron chi connectivity index (χ3n) is 1.74. The fourth-order valence-electron chi connectivity index (χ4n) is 1.06. The van der Waals surface area contributed by atoms with E-state index in [1.165, 1.54) is 5.48 Å². The third-order valence-corrected chi connectivity index (χ3v) is 1.74.